The molecular weight excluding hydrogens is 204 g/mol. The Morgan fingerprint density at radius 1 is 1.43 bits per heavy atom. The van der Waals surface area contributed by atoms with Crippen LogP contribution in [0.3, 0.4) is 0 Å². The minimum atomic E-state index is -3.95. The third-order valence-corrected chi connectivity index (χ3v) is 3.72. The van der Waals surface area contributed by atoms with Gasteiger partial charge >= 0.3 is 0 Å². The molecule has 0 aliphatic rings. The van der Waals surface area contributed by atoms with Crippen molar-refractivity contribution in [3.05, 3.63) is 0 Å². The highest BCUT2D eigenvalue weighted by atomic mass is 32.2. The zero-order valence-corrected chi connectivity index (χ0v) is 10.1. The van der Waals surface area contributed by atoms with Gasteiger partial charge in [-0.25, -0.2) is 0 Å². The van der Waals surface area contributed by atoms with E-state index in [1.54, 1.807) is 0 Å². The van der Waals surface area contributed by atoms with Crippen LogP contribution in [0, 0.1) is 0 Å². The van der Waals surface area contributed by atoms with Crippen LogP contribution in [-0.2, 0) is 10.1 Å². The van der Waals surface area contributed by atoms with Gasteiger partial charge in [0.05, 0.1) is 20.6 Å². The summed E-state index contributed by atoms with van der Waals surface area (Å²) >= 11 is 0. The van der Waals surface area contributed by atoms with Crippen molar-refractivity contribution in [2.75, 3.05) is 20.6 Å². The quantitative estimate of drug-likeness (QED) is 0.393. The van der Waals surface area contributed by atoms with Crippen molar-refractivity contribution in [2.45, 2.75) is 31.7 Å². The van der Waals surface area contributed by atoms with Crippen molar-refractivity contribution >= 4 is 10.1 Å². The lowest BCUT2D eigenvalue weighted by molar-refractivity contribution is -0.914. The maximum Gasteiger partial charge on any atom is 0.273 e. The Balaban J connectivity index is 4.52. The highest BCUT2D eigenvalue weighted by molar-refractivity contribution is 7.86. The second kappa shape index (κ2) is 4.57. The first-order valence-electron chi connectivity index (χ1n) is 4.65. The Morgan fingerprint density at radius 3 is 2.14 bits per heavy atom. The molecule has 0 bridgehead atoms. The molecule has 0 radical (unpaired) electrons. The van der Waals surface area contributed by atoms with Gasteiger partial charge in [-0.1, -0.05) is 6.92 Å². The third-order valence-electron chi connectivity index (χ3n) is 2.55. The van der Waals surface area contributed by atoms with E-state index in [-0.39, 0.29) is 6.17 Å². The lowest BCUT2D eigenvalue weighted by Crippen LogP contribution is -2.57. The van der Waals surface area contributed by atoms with Crippen molar-refractivity contribution in [1.82, 2.24) is 0 Å². The van der Waals surface area contributed by atoms with Crippen LogP contribution in [-0.4, -0.2) is 49.5 Å². The van der Waals surface area contributed by atoms with Gasteiger partial charge in [0.2, 0.25) is 0 Å². The van der Waals surface area contributed by atoms with Crippen LogP contribution < -0.4 is 5.73 Å². The molecule has 0 aliphatic heterocycles. The maximum atomic E-state index is 10.8. The van der Waals surface area contributed by atoms with Crippen LogP contribution in [0.15, 0.2) is 0 Å². The Bertz CT molecular complexity index is 274. The molecule has 0 heterocycles. The van der Waals surface area contributed by atoms with E-state index in [4.69, 9.17) is 10.3 Å². The zero-order chi connectivity index (χ0) is 11.6. The van der Waals surface area contributed by atoms with Crippen LogP contribution in [0.25, 0.3) is 0 Å². The van der Waals surface area contributed by atoms with Crippen LogP contribution in [0.2, 0.25) is 0 Å². The molecule has 3 N–H and O–H groups in total. The first-order valence-corrected chi connectivity index (χ1v) is 6.16. The van der Waals surface area contributed by atoms with Gasteiger partial charge in [0.25, 0.3) is 10.1 Å². The molecule has 0 saturated heterocycles. The SMILES string of the molecule is CCC(N)[N+](C)(C)CC(C)S(=O)(=O)O. The summed E-state index contributed by atoms with van der Waals surface area (Å²) in [4.78, 5) is 0. The minimum Gasteiger partial charge on any atom is -0.313 e. The molecule has 5 nitrogen and oxygen atoms in total. The van der Waals surface area contributed by atoms with Gasteiger partial charge < -0.3 is 4.48 Å². The summed E-state index contributed by atoms with van der Waals surface area (Å²) in [6.07, 6.45) is 0.657. The topological polar surface area (TPSA) is 80.4 Å². The summed E-state index contributed by atoms with van der Waals surface area (Å²) < 4.78 is 30.9. The Morgan fingerprint density at radius 2 is 1.86 bits per heavy atom. The average Bonchev–Trinajstić information content (AvgIpc) is 2.00. The van der Waals surface area contributed by atoms with Crippen LogP contribution in [0.5, 0.6) is 0 Å². The molecule has 0 fully saturated rings. The summed E-state index contributed by atoms with van der Waals surface area (Å²) in [5.74, 6) is 0. The second-order valence-electron chi connectivity index (χ2n) is 4.26. The Kier molecular flexibility index (Phi) is 4.51. The number of nitrogens with zero attached hydrogens (tertiary/aromatic N) is 1. The lowest BCUT2D eigenvalue weighted by Gasteiger charge is -2.36. The van der Waals surface area contributed by atoms with Gasteiger partial charge in [0, 0.05) is 6.42 Å². The first kappa shape index (κ1) is 13.8. The van der Waals surface area contributed by atoms with E-state index in [0.717, 1.165) is 6.42 Å². The third kappa shape index (κ3) is 3.91. The lowest BCUT2D eigenvalue weighted by atomic mass is 10.2. The summed E-state index contributed by atoms with van der Waals surface area (Å²) in [5, 5.41) is -0.782. The average molecular weight is 225 g/mol. The molecule has 6 heteroatoms. The van der Waals surface area contributed by atoms with Crippen molar-refractivity contribution in [3.63, 3.8) is 0 Å². The van der Waals surface area contributed by atoms with Crippen molar-refractivity contribution < 1.29 is 17.5 Å². The Hall–Kier alpha value is -0.170. The fourth-order valence-corrected chi connectivity index (χ4v) is 1.96. The predicted molar refractivity (Wildman–Crippen MR) is 56.3 cm³/mol. The summed E-state index contributed by atoms with van der Waals surface area (Å²) in [6, 6.07) is 0. The van der Waals surface area contributed by atoms with Crippen LogP contribution in [0.4, 0.5) is 0 Å². The number of hydrogen-bond donors (Lipinski definition) is 2. The largest absolute Gasteiger partial charge is 0.313 e. The molecule has 86 valence electrons. The summed E-state index contributed by atoms with van der Waals surface area (Å²) in [5.41, 5.74) is 5.84. The van der Waals surface area contributed by atoms with Gasteiger partial charge in [-0.15, -0.1) is 0 Å². The number of rotatable bonds is 5. The van der Waals surface area contributed by atoms with Crippen molar-refractivity contribution in [1.29, 1.82) is 0 Å². The molecule has 0 rings (SSSR count). The highest BCUT2D eigenvalue weighted by Crippen LogP contribution is 2.10. The highest BCUT2D eigenvalue weighted by Gasteiger charge is 2.30. The Labute approximate surface area is 86.2 Å². The number of nitrogens with two attached hydrogens (primary N) is 1. The molecule has 0 aromatic rings. The standard InChI is InChI=1S/C8H20N2O3S/c1-5-8(9)10(3,4)6-7(2)14(11,12)13/h7-8H,5-6,9H2,1-4H3/p+1. The molecule has 0 aromatic carbocycles. The van der Waals surface area contributed by atoms with Gasteiger partial charge in [-0.2, -0.15) is 8.42 Å². The molecular formula is C8H21N2O3S+. The van der Waals surface area contributed by atoms with Gasteiger partial charge in [-0.05, 0) is 6.92 Å². The van der Waals surface area contributed by atoms with E-state index < -0.39 is 15.4 Å². The predicted octanol–water partition coefficient (Wildman–Crippen LogP) is 0.0339. The van der Waals surface area contributed by atoms with Crippen LogP contribution in [0.1, 0.15) is 20.3 Å². The summed E-state index contributed by atoms with van der Waals surface area (Å²) in [7, 11) is -0.235. The van der Waals surface area contributed by atoms with E-state index in [2.05, 4.69) is 0 Å². The molecule has 0 saturated carbocycles. The monoisotopic (exact) mass is 225 g/mol. The van der Waals surface area contributed by atoms with Crippen LogP contribution >= 0.6 is 0 Å². The smallest absolute Gasteiger partial charge is 0.273 e. The maximum absolute atomic E-state index is 10.8. The molecule has 0 aromatic heterocycles. The van der Waals surface area contributed by atoms with E-state index in [1.807, 2.05) is 21.0 Å². The van der Waals surface area contributed by atoms with Crippen molar-refractivity contribution in [3.8, 4) is 0 Å². The van der Waals surface area contributed by atoms with Gasteiger partial charge in [0.15, 0.2) is 0 Å². The van der Waals surface area contributed by atoms with Crippen molar-refractivity contribution in [2.24, 2.45) is 5.73 Å². The fourth-order valence-electron chi connectivity index (χ4n) is 1.39. The number of quaternary nitrogens is 1. The zero-order valence-electron chi connectivity index (χ0n) is 9.27. The molecule has 2 atom stereocenters. The van der Waals surface area contributed by atoms with E-state index in [0.29, 0.717) is 11.0 Å². The molecule has 14 heavy (non-hydrogen) atoms. The fraction of sp³-hybridized carbons (Fsp3) is 1.00. The van der Waals surface area contributed by atoms with Gasteiger partial charge in [-0.3, -0.25) is 10.3 Å². The molecule has 0 aliphatic carbocycles. The summed E-state index contributed by atoms with van der Waals surface area (Å²) in [6.45, 7) is 3.74. The number of hydrogen-bond acceptors (Lipinski definition) is 3. The van der Waals surface area contributed by atoms with Gasteiger partial charge in [0.1, 0.15) is 11.4 Å². The minimum absolute atomic E-state index is 0.112. The normalized spacial score (nSPS) is 17.9. The molecule has 2 unspecified atom stereocenters. The molecule has 0 spiro atoms. The van der Waals surface area contributed by atoms with E-state index >= 15 is 0 Å². The van der Waals surface area contributed by atoms with E-state index in [9.17, 15) is 8.42 Å². The second-order valence-corrected chi connectivity index (χ2v) is 6.10. The van der Waals surface area contributed by atoms with E-state index in [1.165, 1.54) is 6.92 Å². The molecule has 0 amide bonds. The first-order chi connectivity index (χ1) is 6.11.